The smallest absolute Gasteiger partial charge is 0.318 e. The van der Waals surface area contributed by atoms with Gasteiger partial charge in [-0.15, -0.1) is 0 Å². The number of alkyl halides is 1. The van der Waals surface area contributed by atoms with Crippen molar-refractivity contribution in [3.05, 3.63) is 0 Å². The molecule has 1 heterocycles. The van der Waals surface area contributed by atoms with Gasteiger partial charge >= 0.3 is 6.03 Å². The molecule has 1 rings (SSSR count). The Balaban J connectivity index is 2.64. The number of likely N-dealkylation sites (N-methyl/N-ethyl adjacent to an activating group) is 1. The van der Waals surface area contributed by atoms with Gasteiger partial charge in [-0.25, -0.2) is 4.79 Å². The van der Waals surface area contributed by atoms with Crippen LogP contribution in [0.3, 0.4) is 0 Å². The molecule has 0 aromatic heterocycles. The molecule has 86 valence electrons. The lowest BCUT2D eigenvalue weighted by molar-refractivity contribution is -0.125. The maximum atomic E-state index is 11.6. The molecule has 1 unspecified atom stereocenters. The summed E-state index contributed by atoms with van der Waals surface area (Å²) in [5.41, 5.74) is 0. The molecule has 0 spiro atoms. The summed E-state index contributed by atoms with van der Waals surface area (Å²) in [6.07, 6.45) is 0. The summed E-state index contributed by atoms with van der Waals surface area (Å²) in [6, 6.07) is -0.174. The summed E-state index contributed by atoms with van der Waals surface area (Å²) in [5.74, 6) is 0.689. The Bertz CT molecular complexity index is 268. The normalized spacial score (nSPS) is 19.3. The number of hydrogen-bond donors (Lipinski definition) is 0. The molecule has 5 heteroatoms. The van der Waals surface area contributed by atoms with E-state index in [0.29, 0.717) is 18.4 Å². The van der Waals surface area contributed by atoms with Crippen molar-refractivity contribution in [2.24, 2.45) is 11.8 Å². The highest BCUT2D eigenvalue weighted by Crippen LogP contribution is 2.18. The van der Waals surface area contributed by atoms with Crippen LogP contribution in [0, 0.1) is 11.8 Å². The van der Waals surface area contributed by atoms with Gasteiger partial charge in [-0.3, -0.25) is 9.69 Å². The van der Waals surface area contributed by atoms with Gasteiger partial charge in [0.15, 0.2) is 0 Å². The third-order valence-corrected chi connectivity index (χ3v) is 3.62. The van der Waals surface area contributed by atoms with Crippen molar-refractivity contribution < 1.29 is 9.59 Å². The fourth-order valence-electron chi connectivity index (χ4n) is 1.52. The number of urea groups is 1. The van der Waals surface area contributed by atoms with Crippen molar-refractivity contribution in [2.45, 2.75) is 13.8 Å². The SMILES string of the molecule is CC(C)C(CBr)CN1C(=O)CN(C)C1=O. The van der Waals surface area contributed by atoms with Crippen molar-refractivity contribution in [1.29, 1.82) is 0 Å². The molecule has 0 aliphatic carbocycles. The fourth-order valence-corrected chi connectivity index (χ4v) is 2.47. The van der Waals surface area contributed by atoms with Gasteiger partial charge in [0, 0.05) is 18.9 Å². The summed E-state index contributed by atoms with van der Waals surface area (Å²) in [4.78, 5) is 25.9. The highest BCUT2D eigenvalue weighted by Gasteiger charge is 2.35. The second kappa shape index (κ2) is 4.96. The van der Waals surface area contributed by atoms with E-state index in [1.165, 1.54) is 9.80 Å². The average Bonchev–Trinajstić information content (AvgIpc) is 2.39. The van der Waals surface area contributed by atoms with Gasteiger partial charge in [0.25, 0.3) is 0 Å². The zero-order valence-electron chi connectivity index (χ0n) is 9.36. The molecule has 1 aliphatic rings. The van der Waals surface area contributed by atoms with Gasteiger partial charge in [-0.1, -0.05) is 29.8 Å². The molecule has 15 heavy (non-hydrogen) atoms. The monoisotopic (exact) mass is 276 g/mol. The molecule has 1 fully saturated rings. The van der Waals surface area contributed by atoms with Crippen molar-refractivity contribution >= 4 is 27.9 Å². The van der Waals surface area contributed by atoms with E-state index in [1.807, 2.05) is 0 Å². The first-order valence-corrected chi connectivity index (χ1v) is 6.21. The van der Waals surface area contributed by atoms with Gasteiger partial charge < -0.3 is 4.90 Å². The fraction of sp³-hybridized carbons (Fsp3) is 0.800. The van der Waals surface area contributed by atoms with Crippen LogP contribution in [0.1, 0.15) is 13.8 Å². The first-order chi connectivity index (χ1) is 6.97. The van der Waals surface area contributed by atoms with E-state index in [1.54, 1.807) is 7.05 Å². The number of nitrogens with zero attached hydrogens (tertiary/aromatic N) is 2. The summed E-state index contributed by atoms with van der Waals surface area (Å²) < 4.78 is 0. The Hall–Kier alpha value is -0.580. The van der Waals surface area contributed by atoms with Crippen LogP contribution in [0.25, 0.3) is 0 Å². The second-order valence-electron chi connectivity index (χ2n) is 4.30. The summed E-state index contributed by atoms with van der Waals surface area (Å²) in [5, 5.41) is 0.811. The predicted molar refractivity (Wildman–Crippen MR) is 61.9 cm³/mol. The molecule has 1 atom stereocenters. The molecular formula is C10H17BrN2O2. The average molecular weight is 277 g/mol. The molecule has 3 amide bonds. The van der Waals surface area contributed by atoms with E-state index in [2.05, 4.69) is 29.8 Å². The maximum absolute atomic E-state index is 11.6. The number of amides is 3. The highest BCUT2D eigenvalue weighted by molar-refractivity contribution is 9.09. The summed E-state index contributed by atoms with van der Waals surface area (Å²) in [7, 11) is 1.65. The van der Waals surface area contributed by atoms with Crippen molar-refractivity contribution in [3.8, 4) is 0 Å². The van der Waals surface area contributed by atoms with Gasteiger partial charge in [-0.05, 0) is 11.8 Å². The van der Waals surface area contributed by atoms with E-state index in [4.69, 9.17) is 0 Å². The van der Waals surface area contributed by atoms with Crippen LogP contribution in [0.15, 0.2) is 0 Å². The zero-order chi connectivity index (χ0) is 11.6. The van der Waals surface area contributed by atoms with Crippen LogP contribution >= 0.6 is 15.9 Å². The summed E-state index contributed by atoms with van der Waals surface area (Å²) in [6.45, 7) is 4.93. The Kier molecular flexibility index (Phi) is 4.13. The first kappa shape index (κ1) is 12.5. The van der Waals surface area contributed by atoms with Crippen molar-refractivity contribution in [1.82, 2.24) is 9.80 Å². The van der Waals surface area contributed by atoms with Crippen LogP contribution in [0.4, 0.5) is 4.79 Å². The third kappa shape index (κ3) is 2.71. The van der Waals surface area contributed by atoms with E-state index in [-0.39, 0.29) is 18.5 Å². The largest absolute Gasteiger partial charge is 0.326 e. The minimum Gasteiger partial charge on any atom is -0.318 e. The number of hydrogen-bond acceptors (Lipinski definition) is 2. The maximum Gasteiger partial charge on any atom is 0.326 e. The van der Waals surface area contributed by atoms with Crippen LogP contribution in [0.2, 0.25) is 0 Å². The van der Waals surface area contributed by atoms with Crippen molar-refractivity contribution in [3.63, 3.8) is 0 Å². The number of imide groups is 1. The highest BCUT2D eigenvalue weighted by atomic mass is 79.9. The number of carbonyl (C=O) groups excluding carboxylic acids is 2. The molecule has 4 nitrogen and oxygen atoms in total. The van der Waals surface area contributed by atoms with Gasteiger partial charge in [0.05, 0.1) is 0 Å². The Labute approximate surface area is 98.7 Å². The first-order valence-electron chi connectivity index (χ1n) is 5.08. The molecule has 0 saturated carbocycles. The predicted octanol–water partition coefficient (Wildman–Crippen LogP) is 1.55. The Morgan fingerprint density at radius 3 is 2.33 bits per heavy atom. The molecule has 1 aliphatic heterocycles. The second-order valence-corrected chi connectivity index (χ2v) is 4.95. The Morgan fingerprint density at radius 2 is 2.00 bits per heavy atom. The van der Waals surface area contributed by atoms with Gasteiger partial charge in [-0.2, -0.15) is 0 Å². The minimum atomic E-state index is -0.174. The number of halogens is 1. The van der Waals surface area contributed by atoms with Gasteiger partial charge in [0.1, 0.15) is 6.54 Å². The standard InChI is InChI=1S/C10H17BrN2O2/c1-7(2)8(4-11)5-13-9(14)6-12(3)10(13)15/h7-8H,4-6H2,1-3H3. The van der Waals surface area contributed by atoms with E-state index < -0.39 is 0 Å². The lowest BCUT2D eigenvalue weighted by Gasteiger charge is -2.23. The van der Waals surface area contributed by atoms with Crippen LogP contribution in [-0.2, 0) is 4.79 Å². The lowest BCUT2D eigenvalue weighted by atomic mass is 9.98. The third-order valence-electron chi connectivity index (χ3n) is 2.79. The van der Waals surface area contributed by atoms with Crippen LogP contribution in [-0.4, -0.2) is 47.2 Å². The van der Waals surface area contributed by atoms with Crippen LogP contribution in [0.5, 0.6) is 0 Å². The quantitative estimate of drug-likeness (QED) is 0.578. The molecule has 0 aromatic carbocycles. The van der Waals surface area contributed by atoms with Crippen molar-refractivity contribution in [2.75, 3.05) is 25.5 Å². The number of carbonyl (C=O) groups is 2. The molecule has 0 N–H and O–H groups in total. The lowest BCUT2D eigenvalue weighted by Crippen LogP contribution is -2.37. The summed E-state index contributed by atoms with van der Waals surface area (Å²) >= 11 is 3.42. The molecule has 1 saturated heterocycles. The van der Waals surface area contributed by atoms with Crippen LogP contribution < -0.4 is 0 Å². The van der Waals surface area contributed by atoms with E-state index >= 15 is 0 Å². The zero-order valence-corrected chi connectivity index (χ0v) is 11.0. The molecule has 0 aromatic rings. The minimum absolute atomic E-state index is 0.0888. The Morgan fingerprint density at radius 1 is 1.40 bits per heavy atom. The van der Waals surface area contributed by atoms with E-state index in [9.17, 15) is 9.59 Å². The topological polar surface area (TPSA) is 40.6 Å². The molecular weight excluding hydrogens is 260 g/mol. The molecule has 0 radical (unpaired) electrons. The molecule has 0 bridgehead atoms. The van der Waals surface area contributed by atoms with Gasteiger partial charge in [0.2, 0.25) is 5.91 Å². The van der Waals surface area contributed by atoms with E-state index in [0.717, 1.165) is 5.33 Å². The number of rotatable bonds is 4.